The third-order valence-electron chi connectivity index (χ3n) is 7.83. The van der Waals surface area contributed by atoms with Gasteiger partial charge in [0.05, 0.1) is 11.3 Å². The van der Waals surface area contributed by atoms with Crippen LogP contribution in [0.3, 0.4) is 0 Å². The number of pyridine rings is 1. The summed E-state index contributed by atoms with van der Waals surface area (Å²) in [7, 11) is -3.57. The molecule has 1 atom stereocenters. The van der Waals surface area contributed by atoms with Crippen LogP contribution in [0.25, 0.3) is 0 Å². The lowest BCUT2D eigenvalue weighted by Gasteiger charge is -2.40. The van der Waals surface area contributed by atoms with Crippen molar-refractivity contribution >= 4 is 21.7 Å². The van der Waals surface area contributed by atoms with Crippen LogP contribution in [0.1, 0.15) is 67.1 Å². The van der Waals surface area contributed by atoms with Crippen LogP contribution in [0.5, 0.6) is 5.75 Å². The van der Waals surface area contributed by atoms with Gasteiger partial charge < -0.3 is 14.7 Å². The van der Waals surface area contributed by atoms with E-state index in [-0.39, 0.29) is 31.4 Å². The van der Waals surface area contributed by atoms with Gasteiger partial charge in [-0.15, -0.1) is 0 Å². The molecule has 1 aliphatic heterocycles. The van der Waals surface area contributed by atoms with Gasteiger partial charge in [0, 0.05) is 56.6 Å². The number of anilines is 1. The Morgan fingerprint density at radius 2 is 1.77 bits per heavy atom. The number of nitrogens with zero attached hydrogens (tertiary/aromatic N) is 3. The molecule has 0 unspecified atom stereocenters. The lowest BCUT2D eigenvalue weighted by Crippen LogP contribution is -2.47. The maximum absolute atomic E-state index is 14.4. The lowest BCUT2D eigenvalue weighted by molar-refractivity contribution is -0.139. The van der Waals surface area contributed by atoms with E-state index >= 15 is 0 Å². The Kier molecular flexibility index (Phi) is 9.14. The average Bonchev–Trinajstić information content (AvgIpc) is 2.98. The molecule has 1 saturated carbocycles. The average molecular weight is 660 g/mol. The van der Waals surface area contributed by atoms with Gasteiger partial charge in [-0.25, -0.2) is 35.8 Å². The first-order chi connectivity index (χ1) is 20.2. The minimum atomic E-state index is -5.14. The zero-order valence-electron chi connectivity index (χ0n) is 23.5. The highest BCUT2D eigenvalue weighted by atomic mass is 32.2. The highest BCUT2D eigenvalue weighted by Crippen LogP contribution is 2.46. The molecule has 0 bridgehead atoms. The Bertz CT molecular complexity index is 1500. The molecule has 2 aromatic rings. The van der Waals surface area contributed by atoms with Crippen LogP contribution >= 0.6 is 0 Å². The highest BCUT2D eigenvalue weighted by molar-refractivity contribution is 7.89. The van der Waals surface area contributed by atoms with E-state index in [1.165, 1.54) is 4.90 Å². The van der Waals surface area contributed by atoms with Gasteiger partial charge in [0.15, 0.2) is 5.69 Å². The van der Waals surface area contributed by atoms with Gasteiger partial charge in [-0.1, -0.05) is 0 Å². The zero-order valence-corrected chi connectivity index (χ0v) is 24.3. The highest BCUT2D eigenvalue weighted by Gasteiger charge is 2.45. The van der Waals surface area contributed by atoms with Gasteiger partial charge in [0.25, 0.3) is 0 Å². The topological polar surface area (TPSA) is 100 Å². The molecule has 1 N–H and O–H groups in total. The number of carbonyl (C=O) groups is 1. The predicted octanol–water partition coefficient (Wildman–Crippen LogP) is 6.34. The van der Waals surface area contributed by atoms with Gasteiger partial charge in [-0.2, -0.15) is 21.9 Å². The summed E-state index contributed by atoms with van der Waals surface area (Å²) in [6, 6.07) is 0.835. The fourth-order valence-electron chi connectivity index (χ4n) is 5.41. The molecule has 4 rings (SSSR count). The van der Waals surface area contributed by atoms with E-state index in [2.05, 4.69) is 4.98 Å². The van der Waals surface area contributed by atoms with Crippen LogP contribution in [-0.2, 0) is 22.8 Å². The number of aromatic nitrogens is 1. The summed E-state index contributed by atoms with van der Waals surface area (Å²) in [5.41, 5.74) is -3.05. The van der Waals surface area contributed by atoms with Crippen molar-refractivity contribution in [2.24, 2.45) is 0 Å². The molecule has 8 nitrogen and oxygen atoms in total. The molecule has 44 heavy (non-hydrogen) atoms. The Balaban J connectivity index is 1.85. The van der Waals surface area contributed by atoms with E-state index in [0.29, 0.717) is 19.1 Å². The molecule has 0 saturated heterocycles. The minimum absolute atomic E-state index is 0.192. The molecule has 1 aliphatic carbocycles. The summed E-state index contributed by atoms with van der Waals surface area (Å²) < 4.78 is 146. The van der Waals surface area contributed by atoms with Gasteiger partial charge in [-0.3, -0.25) is 0 Å². The van der Waals surface area contributed by atoms with E-state index in [1.807, 2.05) is 0 Å². The summed E-state index contributed by atoms with van der Waals surface area (Å²) in [6.07, 6.45) is -7.85. The van der Waals surface area contributed by atoms with Crippen molar-refractivity contribution in [2.75, 3.05) is 18.5 Å². The molecular formula is C27H29F8N3O5S. The van der Waals surface area contributed by atoms with E-state index in [1.54, 1.807) is 0 Å². The first-order valence-electron chi connectivity index (χ1n) is 13.5. The summed E-state index contributed by atoms with van der Waals surface area (Å²) in [4.78, 5) is 15.3. The number of hydrogen-bond acceptors (Lipinski definition) is 6. The van der Waals surface area contributed by atoms with Crippen molar-refractivity contribution in [1.29, 1.82) is 0 Å². The lowest BCUT2D eigenvalue weighted by atomic mass is 9.90. The van der Waals surface area contributed by atoms with Crippen LogP contribution < -0.4 is 9.64 Å². The van der Waals surface area contributed by atoms with Gasteiger partial charge >= 0.3 is 12.1 Å². The van der Waals surface area contributed by atoms with Crippen molar-refractivity contribution in [1.82, 2.24) is 9.29 Å². The second-order valence-electron chi connectivity index (χ2n) is 11.1. The largest absolute Gasteiger partial charge is 0.488 e. The van der Waals surface area contributed by atoms with Crippen LogP contribution in [0.15, 0.2) is 29.2 Å². The molecule has 1 aromatic heterocycles. The van der Waals surface area contributed by atoms with Crippen LogP contribution in [0, 0.1) is 5.95 Å². The van der Waals surface area contributed by atoms with E-state index in [0.717, 1.165) is 23.5 Å². The van der Waals surface area contributed by atoms with Crippen LogP contribution in [0.2, 0.25) is 0 Å². The summed E-state index contributed by atoms with van der Waals surface area (Å²) in [6.45, 7) is -0.572. The Labute approximate surface area is 247 Å². The number of sulfonamides is 1. The summed E-state index contributed by atoms with van der Waals surface area (Å²) in [5, 5.41) is 9.31. The quantitative estimate of drug-likeness (QED) is 0.261. The number of halogens is 8. The molecule has 0 radical (unpaired) electrons. The maximum atomic E-state index is 14.4. The maximum Gasteiger partial charge on any atom is 0.420 e. The van der Waals surface area contributed by atoms with Gasteiger partial charge in [-0.05, 0) is 44.4 Å². The Hall–Kier alpha value is -3.21. The summed E-state index contributed by atoms with van der Waals surface area (Å²) >= 11 is 0. The number of carboxylic acid groups (broad SMARTS) is 1. The Morgan fingerprint density at radius 1 is 1.14 bits per heavy atom. The molecule has 2 aliphatic rings. The normalized spacial score (nSPS) is 21.0. The number of likely N-dealkylation sites (N-methyl/N-ethyl adjacent to an activating group) is 1. The van der Waals surface area contributed by atoms with Crippen LogP contribution in [0.4, 0.5) is 40.8 Å². The number of alkyl halides is 7. The van der Waals surface area contributed by atoms with Crippen LogP contribution in [-0.4, -0.2) is 66.3 Å². The third kappa shape index (κ3) is 7.35. The molecular weight excluding hydrogens is 630 g/mol. The Morgan fingerprint density at radius 3 is 2.34 bits per heavy atom. The molecule has 1 aromatic carbocycles. The zero-order chi connectivity index (χ0) is 32.8. The molecule has 17 heteroatoms. The monoisotopic (exact) mass is 659 g/mol. The van der Waals surface area contributed by atoms with Gasteiger partial charge in [0.1, 0.15) is 17.3 Å². The predicted molar refractivity (Wildman–Crippen MR) is 140 cm³/mol. The number of ether oxygens (including phenoxy) is 1. The number of fused-ring (bicyclic) bond motifs is 1. The number of hydrogen-bond donors (Lipinski definition) is 1. The van der Waals surface area contributed by atoms with Crippen molar-refractivity contribution in [3.05, 3.63) is 47.0 Å². The number of carboxylic acids is 1. The summed E-state index contributed by atoms with van der Waals surface area (Å²) in [5.74, 6) is -10.1. The molecule has 244 valence electrons. The SMILES string of the molecule is CN1[C@H](CCC(C)(F)F)CN(C2CCC(F)(F)CC2)c2cc(C(F)(F)F)c(OCc3ccc(F)nc3C(=O)O)cc2S1(=O)=O. The number of rotatable bonds is 8. The molecule has 0 spiro atoms. The smallest absolute Gasteiger partial charge is 0.420 e. The number of benzene rings is 1. The van der Waals surface area contributed by atoms with Crippen molar-refractivity contribution in [3.8, 4) is 5.75 Å². The molecule has 0 amide bonds. The van der Waals surface area contributed by atoms with E-state index in [4.69, 9.17) is 4.74 Å². The van der Waals surface area contributed by atoms with Crippen molar-refractivity contribution < 1.29 is 58.2 Å². The molecule has 2 heterocycles. The second-order valence-corrected chi connectivity index (χ2v) is 13.0. The van der Waals surface area contributed by atoms with Gasteiger partial charge in [0.2, 0.25) is 27.8 Å². The van der Waals surface area contributed by atoms with Crippen molar-refractivity contribution in [2.45, 2.75) is 87.1 Å². The standard InChI is InChI=1S/C27H29F8N3O5S/c1-25(29,30)8-5-17-13-38(16-6-9-26(31,32)10-7-16)19-11-18(27(33,34)35)20(12-21(19)44(41,42)37(17)2)43-14-15-3-4-22(28)36-23(15)24(39)40/h3-4,11-12,16-17H,5-10,13-14H2,1-2H3,(H,39,40)/t17-/m1/s1. The second kappa shape index (κ2) is 11.9. The fourth-order valence-corrected chi connectivity index (χ4v) is 6.98. The number of aromatic carboxylic acids is 1. The first-order valence-corrected chi connectivity index (χ1v) is 14.9. The third-order valence-corrected chi connectivity index (χ3v) is 9.77. The fraction of sp³-hybridized carbons (Fsp3) is 0.556. The first kappa shape index (κ1) is 33.7. The molecule has 1 fully saturated rings. The van der Waals surface area contributed by atoms with E-state index in [9.17, 15) is 53.4 Å². The van der Waals surface area contributed by atoms with E-state index < -0.39 is 106 Å². The van der Waals surface area contributed by atoms with Crippen molar-refractivity contribution in [3.63, 3.8) is 0 Å². The minimum Gasteiger partial charge on any atom is -0.488 e.